The highest BCUT2D eigenvalue weighted by Crippen LogP contribution is 1.90. The molecule has 0 saturated carbocycles. The highest BCUT2D eigenvalue weighted by molar-refractivity contribution is 5.74. The van der Waals surface area contributed by atoms with Crippen molar-refractivity contribution in [3.05, 3.63) is 0 Å². The van der Waals surface area contributed by atoms with Crippen LogP contribution in [0.5, 0.6) is 0 Å². The standard InChI is InChI=1S/C5H12N2O2/c1-2-3(6)4(7)5(8)9/h3-4H,2,6-7H2,1H3,(H,8,9)/t3-,4+/m0/s1. The van der Waals surface area contributed by atoms with Crippen molar-refractivity contribution in [3.8, 4) is 0 Å². The summed E-state index contributed by atoms with van der Waals surface area (Å²) in [7, 11) is 0. The Labute approximate surface area is 53.8 Å². The lowest BCUT2D eigenvalue weighted by atomic mass is 10.1. The average Bonchev–Trinajstić information content (AvgIpc) is 1.84. The fourth-order valence-electron chi connectivity index (χ4n) is 0.437. The molecule has 0 bridgehead atoms. The van der Waals surface area contributed by atoms with E-state index in [1.54, 1.807) is 6.92 Å². The van der Waals surface area contributed by atoms with Crippen molar-refractivity contribution in [3.63, 3.8) is 0 Å². The largest absolute Gasteiger partial charge is 0.480 e. The van der Waals surface area contributed by atoms with Gasteiger partial charge >= 0.3 is 5.97 Å². The molecule has 0 aliphatic carbocycles. The lowest BCUT2D eigenvalue weighted by Crippen LogP contribution is -2.46. The molecule has 0 rings (SSSR count). The number of rotatable bonds is 3. The molecule has 0 heterocycles. The quantitative estimate of drug-likeness (QED) is 0.466. The minimum absolute atomic E-state index is 0.428. The van der Waals surface area contributed by atoms with Gasteiger partial charge in [-0.1, -0.05) is 6.92 Å². The summed E-state index contributed by atoms with van der Waals surface area (Å²) in [5, 5.41) is 8.28. The highest BCUT2D eigenvalue weighted by Gasteiger charge is 2.17. The van der Waals surface area contributed by atoms with Gasteiger partial charge in [-0.15, -0.1) is 0 Å². The van der Waals surface area contributed by atoms with Crippen LogP contribution in [-0.4, -0.2) is 23.2 Å². The zero-order valence-electron chi connectivity index (χ0n) is 5.37. The van der Waals surface area contributed by atoms with E-state index in [0.29, 0.717) is 6.42 Å². The van der Waals surface area contributed by atoms with E-state index in [1.807, 2.05) is 0 Å². The van der Waals surface area contributed by atoms with Crippen molar-refractivity contribution < 1.29 is 9.90 Å². The molecule has 5 N–H and O–H groups in total. The third-order valence-electron chi connectivity index (χ3n) is 1.22. The number of hydrogen-bond acceptors (Lipinski definition) is 3. The van der Waals surface area contributed by atoms with Crippen LogP contribution in [-0.2, 0) is 4.79 Å². The number of carboxylic acids is 1. The van der Waals surface area contributed by atoms with Gasteiger partial charge < -0.3 is 16.6 Å². The van der Waals surface area contributed by atoms with E-state index in [9.17, 15) is 4.79 Å². The molecule has 2 atom stereocenters. The smallest absolute Gasteiger partial charge is 0.322 e. The van der Waals surface area contributed by atoms with Gasteiger partial charge in [0.1, 0.15) is 6.04 Å². The van der Waals surface area contributed by atoms with E-state index in [-0.39, 0.29) is 0 Å². The van der Waals surface area contributed by atoms with Gasteiger partial charge in [0.05, 0.1) is 0 Å². The van der Waals surface area contributed by atoms with Crippen LogP contribution in [0.3, 0.4) is 0 Å². The Morgan fingerprint density at radius 1 is 1.67 bits per heavy atom. The molecule has 0 aromatic rings. The molecule has 4 heteroatoms. The number of aliphatic carboxylic acids is 1. The van der Waals surface area contributed by atoms with E-state index in [4.69, 9.17) is 16.6 Å². The third kappa shape index (κ3) is 2.43. The minimum atomic E-state index is -1.04. The summed E-state index contributed by atoms with van der Waals surface area (Å²) in [6, 6.07) is -1.35. The Morgan fingerprint density at radius 3 is 2.22 bits per heavy atom. The molecule has 0 aliphatic heterocycles. The Morgan fingerprint density at radius 2 is 2.11 bits per heavy atom. The molecule has 54 valence electrons. The first-order valence-electron chi connectivity index (χ1n) is 2.83. The van der Waals surface area contributed by atoms with Crippen LogP contribution in [0.15, 0.2) is 0 Å². The van der Waals surface area contributed by atoms with E-state index < -0.39 is 18.1 Å². The number of carboxylic acid groups (broad SMARTS) is 1. The molecular weight excluding hydrogens is 120 g/mol. The second-order valence-electron chi connectivity index (χ2n) is 1.94. The maximum atomic E-state index is 10.1. The molecule has 0 amide bonds. The van der Waals surface area contributed by atoms with Crippen LogP contribution >= 0.6 is 0 Å². The maximum Gasteiger partial charge on any atom is 0.322 e. The van der Waals surface area contributed by atoms with Crippen molar-refractivity contribution in [1.82, 2.24) is 0 Å². The van der Waals surface area contributed by atoms with Gasteiger partial charge in [-0.05, 0) is 6.42 Å². The molecule has 0 aromatic heterocycles. The van der Waals surface area contributed by atoms with Crippen molar-refractivity contribution in [1.29, 1.82) is 0 Å². The topological polar surface area (TPSA) is 89.3 Å². The Bertz CT molecular complexity index is 105. The predicted molar refractivity (Wildman–Crippen MR) is 33.9 cm³/mol. The first kappa shape index (κ1) is 8.39. The Balaban J connectivity index is 3.72. The fourth-order valence-corrected chi connectivity index (χ4v) is 0.437. The summed E-state index contributed by atoms with van der Waals surface area (Å²) in [6.07, 6.45) is 0.591. The molecule has 0 fully saturated rings. The van der Waals surface area contributed by atoms with Crippen LogP contribution in [0.4, 0.5) is 0 Å². The number of carbonyl (C=O) groups is 1. The zero-order valence-corrected chi connectivity index (χ0v) is 5.37. The first-order chi connectivity index (χ1) is 4.09. The summed E-state index contributed by atoms with van der Waals surface area (Å²) < 4.78 is 0. The predicted octanol–water partition coefficient (Wildman–Crippen LogP) is -0.864. The summed E-state index contributed by atoms with van der Waals surface area (Å²) in [4.78, 5) is 10.1. The maximum absolute atomic E-state index is 10.1. The molecule has 0 radical (unpaired) electrons. The number of hydrogen-bond donors (Lipinski definition) is 3. The molecule has 0 unspecified atom stereocenters. The third-order valence-corrected chi connectivity index (χ3v) is 1.22. The average molecular weight is 132 g/mol. The van der Waals surface area contributed by atoms with Crippen molar-refractivity contribution >= 4 is 5.97 Å². The Kier molecular flexibility index (Phi) is 3.19. The van der Waals surface area contributed by atoms with E-state index in [2.05, 4.69) is 0 Å². The van der Waals surface area contributed by atoms with Crippen molar-refractivity contribution in [2.24, 2.45) is 11.5 Å². The van der Waals surface area contributed by atoms with Crippen LogP contribution in [0, 0.1) is 0 Å². The normalized spacial score (nSPS) is 16.8. The molecule has 0 saturated heterocycles. The summed E-state index contributed by atoms with van der Waals surface area (Å²) in [5.74, 6) is -1.04. The van der Waals surface area contributed by atoms with Crippen LogP contribution in [0.25, 0.3) is 0 Å². The molecule has 0 spiro atoms. The summed E-state index contributed by atoms with van der Waals surface area (Å²) in [5.41, 5.74) is 10.5. The molecule has 4 nitrogen and oxygen atoms in total. The summed E-state index contributed by atoms with van der Waals surface area (Å²) in [6.45, 7) is 1.80. The van der Waals surface area contributed by atoms with Gasteiger partial charge in [0.2, 0.25) is 0 Å². The summed E-state index contributed by atoms with van der Waals surface area (Å²) >= 11 is 0. The van der Waals surface area contributed by atoms with Gasteiger partial charge in [0, 0.05) is 6.04 Å². The van der Waals surface area contributed by atoms with Gasteiger partial charge in [0.15, 0.2) is 0 Å². The number of nitrogens with two attached hydrogens (primary N) is 2. The molecular formula is C5H12N2O2. The zero-order chi connectivity index (χ0) is 7.44. The minimum Gasteiger partial charge on any atom is -0.480 e. The Hall–Kier alpha value is -0.610. The highest BCUT2D eigenvalue weighted by atomic mass is 16.4. The first-order valence-corrected chi connectivity index (χ1v) is 2.83. The molecule has 9 heavy (non-hydrogen) atoms. The van der Waals surface area contributed by atoms with Crippen molar-refractivity contribution in [2.45, 2.75) is 25.4 Å². The monoisotopic (exact) mass is 132 g/mol. The second-order valence-corrected chi connectivity index (χ2v) is 1.94. The van der Waals surface area contributed by atoms with Crippen molar-refractivity contribution in [2.75, 3.05) is 0 Å². The van der Waals surface area contributed by atoms with Gasteiger partial charge in [-0.25, -0.2) is 0 Å². The van der Waals surface area contributed by atoms with E-state index in [0.717, 1.165) is 0 Å². The van der Waals surface area contributed by atoms with Gasteiger partial charge in [-0.3, -0.25) is 4.79 Å². The molecule has 0 aromatic carbocycles. The van der Waals surface area contributed by atoms with Crippen LogP contribution < -0.4 is 11.5 Å². The van der Waals surface area contributed by atoms with E-state index >= 15 is 0 Å². The van der Waals surface area contributed by atoms with Crippen LogP contribution in [0.2, 0.25) is 0 Å². The SMILES string of the molecule is CC[C@H](N)[C@@H](N)C(=O)O. The lowest BCUT2D eigenvalue weighted by Gasteiger charge is -2.12. The lowest BCUT2D eigenvalue weighted by molar-refractivity contribution is -0.139. The van der Waals surface area contributed by atoms with E-state index in [1.165, 1.54) is 0 Å². The van der Waals surface area contributed by atoms with Gasteiger partial charge in [0.25, 0.3) is 0 Å². The van der Waals surface area contributed by atoms with Crippen LogP contribution in [0.1, 0.15) is 13.3 Å². The fraction of sp³-hybridized carbons (Fsp3) is 0.800. The molecule has 0 aliphatic rings. The second kappa shape index (κ2) is 3.42. The van der Waals surface area contributed by atoms with Gasteiger partial charge in [-0.2, -0.15) is 0 Å².